The minimum absolute atomic E-state index is 0.193. The summed E-state index contributed by atoms with van der Waals surface area (Å²) in [5.74, 6) is 0.358. The molecule has 0 aliphatic heterocycles. The first-order valence-corrected chi connectivity index (χ1v) is 11.4. The van der Waals surface area contributed by atoms with Gasteiger partial charge in [0.15, 0.2) is 6.61 Å². The average molecular weight is 501 g/mol. The lowest BCUT2D eigenvalue weighted by atomic mass is 10.0. The maximum atomic E-state index is 13.4. The van der Waals surface area contributed by atoms with Gasteiger partial charge in [0.25, 0.3) is 5.91 Å². The van der Waals surface area contributed by atoms with E-state index in [0.29, 0.717) is 28.0 Å². The SMILES string of the molecule is CNC(=O)C(Cc1ccccc1)N(Cc1cccc(OC)c1)C(=O)COc1ccc(Cl)cc1Cl. The summed E-state index contributed by atoms with van der Waals surface area (Å²) >= 11 is 12.1. The second kappa shape index (κ2) is 12.3. The predicted octanol–water partition coefficient (Wildman–Crippen LogP) is 4.77. The quantitative estimate of drug-likeness (QED) is 0.435. The van der Waals surface area contributed by atoms with Crippen LogP contribution in [0.5, 0.6) is 11.5 Å². The molecule has 0 saturated carbocycles. The largest absolute Gasteiger partial charge is 0.497 e. The van der Waals surface area contributed by atoms with Crippen LogP contribution in [0.3, 0.4) is 0 Å². The van der Waals surface area contributed by atoms with E-state index < -0.39 is 6.04 Å². The van der Waals surface area contributed by atoms with Crippen molar-refractivity contribution in [2.45, 2.75) is 19.0 Å². The molecule has 0 fully saturated rings. The molecule has 1 atom stereocenters. The molecule has 1 unspecified atom stereocenters. The highest BCUT2D eigenvalue weighted by atomic mass is 35.5. The van der Waals surface area contributed by atoms with Crippen LogP contribution in [-0.4, -0.2) is 43.5 Å². The molecule has 3 aromatic rings. The highest BCUT2D eigenvalue weighted by molar-refractivity contribution is 6.35. The predicted molar refractivity (Wildman–Crippen MR) is 134 cm³/mol. The van der Waals surface area contributed by atoms with Gasteiger partial charge in [0.05, 0.1) is 12.1 Å². The van der Waals surface area contributed by atoms with E-state index in [-0.39, 0.29) is 25.0 Å². The van der Waals surface area contributed by atoms with Crippen molar-refractivity contribution in [1.82, 2.24) is 10.2 Å². The van der Waals surface area contributed by atoms with Gasteiger partial charge in [-0.05, 0) is 41.5 Å². The Balaban J connectivity index is 1.89. The summed E-state index contributed by atoms with van der Waals surface area (Å²) in [6, 6.07) is 20.9. The molecule has 2 amide bonds. The van der Waals surface area contributed by atoms with E-state index in [2.05, 4.69) is 5.32 Å². The fourth-order valence-corrected chi connectivity index (χ4v) is 3.97. The molecule has 1 N–H and O–H groups in total. The van der Waals surface area contributed by atoms with Gasteiger partial charge in [0.1, 0.15) is 17.5 Å². The summed E-state index contributed by atoms with van der Waals surface area (Å²) in [5.41, 5.74) is 1.75. The molecule has 0 spiro atoms. The molecule has 8 heteroatoms. The van der Waals surface area contributed by atoms with Gasteiger partial charge in [-0.2, -0.15) is 0 Å². The van der Waals surface area contributed by atoms with Crippen molar-refractivity contribution < 1.29 is 19.1 Å². The Kier molecular flexibility index (Phi) is 9.19. The van der Waals surface area contributed by atoms with Crippen LogP contribution in [0.1, 0.15) is 11.1 Å². The number of nitrogens with one attached hydrogen (secondary N) is 1. The third kappa shape index (κ3) is 6.89. The second-order valence-electron chi connectivity index (χ2n) is 7.56. The Morgan fingerprint density at radius 1 is 0.971 bits per heavy atom. The monoisotopic (exact) mass is 500 g/mol. The lowest BCUT2D eigenvalue weighted by Gasteiger charge is -2.31. The first-order valence-electron chi connectivity index (χ1n) is 10.7. The van der Waals surface area contributed by atoms with E-state index in [4.69, 9.17) is 32.7 Å². The molecule has 0 saturated heterocycles. The van der Waals surface area contributed by atoms with Crippen LogP contribution in [0.15, 0.2) is 72.8 Å². The topological polar surface area (TPSA) is 67.9 Å². The van der Waals surface area contributed by atoms with Crippen LogP contribution in [-0.2, 0) is 22.6 Å². The molecule has 34 heavy (non-hydrogen) atoms. The van der Waals surface area contributed by atoms with Crippen molar-refractivity contribution in [2.24, 2.45) is 0 Å². The minimum atomic E-state index is -0.754. The highest BCUT2D eigenvalue weighted by Gasteiger charge is 2.30. The van der Waals surface area contributed by atoms with Crippen molar-refractivity contribution in [3.05, 3.63) is 94.0 Å². The maximum absolute atomic E-state index is 13.4. The van der Waals surface area contributed by atoms with Crippen LogP contribution < -0.4 is 14.8 Å². The Bertz CT molecular complexity index is 1120. The first kappa shape index (κ1) is 25.4. The van der Waals surface area contributed by atoms with E-state index in [0.717, 1.165) is 11.1 Å². The summed E-state index contributed by atoms with van der Waals surface area (Å²) in [7, 11) is 3.13. The van der Waals surface area contributed by atoms with Gasteiger partial charge in [-0.1, -0.05) is 65.7 Å². The summed E-state index contributed by atoms with van der Waals surface area (Å²) in [5, 5.41) is 3.45. The lowest BCUT2D eigenvalue weighted by Crippen LogP contribution is -2.51. The van der Waals surface area contributed by atoms with E-state index in [1.165, 1.54) is 4.90 Å². The molecule has 0 bridgehead atoms. The third-order valence-electron chi connectivity index (χ3n) is 5.25. The third-order valence-corrected chi connectivity index (χ3v) is 5.78. The molecule has 0 aliphatic rings. The zero-order valence-electron chi connectivity index (χ0n) is 19.0. The summed E-state index contributed by atoms with van der Waals surface area (Å²) < 4.78 is 11.0. The minimum Gasteiger partial charge on any atom is -0.497 e. The molecule has 6 nitrogen and oxygen atoms in total. The van der Waals surface area contributed by atoms with Crippen LogP contribution in [0.4, 0.5) is 0 Å². The summed E-state index contributed by atoms with van der Waals surface area (Å²) in [4.78, 5) is 27.9. The molecular formula is C26H26Cl2N2O4. The highest BCUT2D eigenvalue weighted by Crippen LogP contribution is 2.27. The number of likely N-dealkylation sites (N-methyl/N-ethyl adjacent to an activating group) is 1. The van der Waals surface area contributed by atoms with Gasteiger partial charge >= 0.3 is 0 Å². The van der Waals surface area contributed by atoms with Gasteiger partial charge in [0.2, 0.25) is 5.91 Å². The normalized spacial score (nSPS) is 11.4. The maximum Gasteiger partial charge on any atom is 0.261 e. The number of methoxy groups -OCH3 is 1. The van der Waals surface area contributed by atoms with Crippen LogP contribution in [0, 0.1) is 0 Å². The van der Waals surface area contributed by atoms with Gasteiger partial charge in [0, 0.05) is 25.0 Å². The molecule has 3 aromatic carbocycles. The zero-order chi connectivity index (χ0) is 24.5. The van der Waals surface area contributed by atoms with Crippen molar-refractivity contribution in [1.29, 1.82) is 0 Å². The van der Waals surface area contributed by atoms with Crippen molar-refractivity contribution in [3.63, 3.8) is 0 Å². The Morgan fingerprint density at radius 2 is 1.71 bits per heavy atom. The number of hydrogen-bond acceptors (Lipinski definition) is 4. The standard InChI is InChI=1S/C26H26Cl2N2O4/c1-29-26(32)23(14-18-7-4-3-5-8-18)30(16-19-9-6-10-21(13-19)33-2)25(31)17-34-24-12-11-20(27)15-22(24)28/h3-13,15,23H,14,16-17H2,1-2H3,(H,29,32). The van der Waals surface area contributed by atoms with E-state index in [1.54, 1.807) is 32.4 Å². The zero-order valence-corrected chi connectivity index (χ0v) is 20.5. The number of carbonyl (C=O) groups excluding carboxylic acids is 2. The number of amides is 2. The van der Waals surface area contributed by atoms with Gasteiger partial charge < -0.3 is 19.7 Å². The Morgan fingerprint density at radius 3 is 2.38 bits per heavy atom. The molecule has 0 heterocycles. The average Bonchev–Trinajstić information content (AvgIpc) is 2.85. The van der Waals surface area contributed by atoms with Crippen molar-refractivity contribution in [3.8, 4) is 11.5 Å². The van der Waals surface area contributed by atoms with Gasteiger partial charge in [-0.3, -0.25) is 9.59 Å². The Labute approximate surface area is 209 Å². The number of rotatable bonds is 10. The number of carbonyl (C=O) groups is 2. The number of halogens is 2. The summed E-state index contributed by atoms with van der Waals surface area (Å²) in [6.07, 6.45) is 0.345. The molecule has 0 radical (unpaired) electrons. The molecular weight excluding hydrogens is 475 g/mol. The van der Waals surface area contributed by atoms with Crippen LogP contribution >= 0.6 is 23.2 Å². The lowest BCUT2D eigenvalue weighted by molar-refractivity contribution is -0.142. The van der Waals surface area contributed by atoms with Gasteiger partial charge in [-0.25, -0.2) is 0 Å². The fourth-order valence-electron chi connectivity index (χ4n) is 3.50. The first-order chi connectivity index (χ1) is 16.4. The van der Waals surface area contributed by atoms with Crippen molar-refractivity contribution in [2.75, 3.05) is 20.8 Å². The smallest absolute Gasteiger partial charge is 0.261 e. The van der Waals surface area contributed by atoms with E-state index in [9.17, 15) is 9.59 Å². The van der Waals surface area contributed by atoms with Crippen LogP contribution in [0.25, 0.3) is 0 Å². The van der Waals surface area contributed by atoms with E-state index >= 15 is 0 Å². The number of ether oxygens (including phenoxy) is 2. The second-order valence-corrected chi connectivity index (χ2v) is 8.40. The van der Waals surface area contributed by atoms with Crippen LogP contribution in [0.2, 0.25) is 10.0 Å². The van der Waals surface area contributed by atoms with E-state index in [1.807, 2.05) is 54.6 Å². The van der Waals surface area contributed by atoms with Crippen molar-refractivity contribution >= 4 is 35.0 Å². The fraction of sp³-hybridized carbons (Fsp3) is 0.231. The number of nitrogens with zero attached hydrogens (tertiary/aromatic N) is 1. The molecule has 178 valence electrons. The number of benzene rings is 3. The molecule has 0 aliphatic carbocycles. The summed E-state index contributed by atoms with van der Waals surface area (Å²) in [6.45, 7) is -0.105. The molecule has 3 rings (SSSR count). The molecule has 0 aromatic heterocycles. The number of hydrogen-bond donors (Lipinski definition) is 1. The van der Waals surface area contributed by atoms with Gasteiger partial charge in [-0.15, -0.1) is 0 Å². The Hall–Kier alpha value is -3.22.